The fraction of sp³-hybridized carbons (Fsp3) is 0. The minimum atomic E-state index is 0.778. The molecular weight excluding hydrogens is 54.0 g/mol. The Kier molecular flexibility index (Phi) is 1.95. The standard InChI is InChI=1S/C2H5NO/c3-1-2-4/h1-2,4H,3H2/b2-1-. The molecule has 0 atom stereocenters. The van der Waals surface area contributed by atoms with E-state index in [2.05, 4.69) is 5.73 Å². The van der Waals surface area contributed by atoms with Crippen LogP contribution in [0.3, 0.4) is 0 Å². The summed E-state index contributed by atoms with van der Waals surface area (Å²) in [5.41, 5.74) is 4.60. The Hall–Kier alpha value is -0.660. The molecule has 0 saturated heterocycles. The van der Waals surface area contributed by atoms with E-state index in [4.69, 9.17) is 5.11 Å². The van der Waals surface area contributed by atoms with E-state index in [1.807, 2.05) is 0 Å². The van der Waals surface area contributed by atoms with Crippen LogP contribution in [0.4, 0.5) is 0 Å². The van der Waals surface area contributed by atoms with E-state index >= 15 is 0 Å². The van der Waals surface area contributed by atoms with Gasteiger partial charge in [0.2, 0.25) is 0 Å². The van der Waals surface area contributed by atoms with Gasteiger partial charge in [-0.2, -0.15) is 0 Å². The maximum Gasteiger partial charge on any atom is 0.0946 e. The van der Waals surface area contributed by atoms with Gasteiger partial charge in [-0.1, -0.05) is 0 Å². The van der Waals surface area contributed by atoms with Crippen molar-refractivity contribution in [2.24, 2.45) is 5.73 Å². The van der Waals surface area contributed by atoms with E-state index in [1.54, 1.807) is 0 Å². The van der Waals surface area contributed by atoms with Crippen molar-refractivity contribution in [1.29, 1.82) is 0 Å². The third-order valence-corrected chi connectivity index (χ3v) is 0.0861. The lowest BCUT2D eigenvalue weighted by Gasteiger charge is -1.56. The monoisotopic (exact) mass is 59.0 g/mol. The second kappa shape index (κ2) is 2.34. The van der Waals surface area contributed by atoms with Crippen LogP contribution in [-0.2, 0) is 0 Å². The third kappa shape index (κ3) is 1.34. The van der Waals surface area contributed by atoms with Gasteiger partial charge < -0.3 is 10.8 Å². The van der Waals surface area contributed by atoms with Crippen molar-refractivity contribution in [3.8, 4) is 0 Å². The van der Waals surface area contributed by atoms with Gasteiger partial charge in [-0.05, 0) is 0 Å². The summed E-state index contributed by atoms with van der Waals surface area (Å²) >= 11 is 0. The highest BCUT2D eigenvalue weighted by Gasteiger charge is 1.33. The van der Waals surface area contributed by atoms with E-state index in [0.29, 0.717) is 0 Å². The van der Waals surface area contributed by atoms with Crippen molar-refractivity contribution < 1.29 is 5.11 Å². The largest absolute Gasteiger partial charge is 0.514 e. The summed E-state index contributed by atoms with van der Waals surface area (Å²) in [5, 5.41) is 7.57. The normalized spacial score (nSPS) is 9.00. The molecule has 2 heteroatoms. The Morgan fingerprint density at radius 3 is 2.00 bits per heavy atom. The molecule has 0 fully saturated rings. The van der Waals surface area contributed by atoms with Crippen molar-refractivity contribution in [3.05, 3.63) is 12.5 Å². The van der Waals surface area contributed by atoms with Crippen LogP contribution in [0, 0.1) is 0 Å². The minimum Gasteiger partial charge on any atom is -0.514 e. The highest BCUT2D eigenvalue weighted by molar-refractivity contribution is 4.58. The lowest BCUT2D eigenvalue weighted by atomic mass is 11.0. The molecule has 4 heavy (non-hydrogen) atoms. The molecule has 0 heterocycles. The number of aliphatic hydroxyl groups is 1. The summed E-state index contributed by atoms with van der Waals surface area (Å²) < 4.78 is 0. The number of nitrogens with two attached hydrogens (primary N) is 1. The van der Waals surface area contributed by atoms with Crippen LogP contribution in [0.15, 0.2) is 12.5 Å². The molecule has 0 aliphatic heterocycles. The number of hydrogen-bond donors (Lipinski definition) is 2. The average Bonchev–Trinajstić information content (AvgIpc) is 1.37. The van der Waals surface area contributed by atoms with Gasteiger partial charge in [0.25, 0.3) is 0 Å². The zero-order valence-electron chi connectivity index (χ0n) is 2.18. The molecule has 0 radical (unpaired) electrons. The van der Waals surface area contributed by atoms with Crippen molar-refractivity contribution in [2.45, 2.75) is 0 Å². The van der Waals surface area contributed by atoms with Crippen LogP contribution >= 0.6 is 0 Å². The van der Waals surface area contributed by atoms with Gasteiger partial charge in [0, 0.05) is 6.20 Å². The lowest BCUT2D eigenvalue weighted by Crippen LogP contribution is -1.71. The Morgan fingerprint density at radius 1 is 1.75 bits per heavy atom. The molecule has 24 valence electrons. The molecule has 0 aliphatic rings. The lowest BCUT2D eigenvalue weighted by molar-refractivity contribution is 0.472. The summed E-state index contributed by atoms with van der Waals surface area (Å²) in [6, 6.07) is 0. The van der Waals surface area contributed by atoms with Crippen LogP contribution < -0.4 is 5.73 Å². The van der Waals surface area contributed by atoms with Crippen molar-refractivity contribution in [3.63, 3.8) is 0 Å². The van der Waals surface area contributed by atoms with E-state index in [9.17, 15) is 0 Å². The minimum absolute atomic E-state index is 0.778. The highest BCUT2D eigenvalue weighted by Crippen LogP contribution is 1.38. The molecule has 0 bridgehead atoms. The van der Waals surface area contributed by atoms with Gasteiger partial charge >= 0.3 is 0 Å². The average molecular weight is 59.1 g/mol. The summed E-state index contributed by atoms with van der Waals surface area (Å²) in [4.78, 5) is 0. The van der Waals surface area contributed by atoms with Gasteiger partial charge in [0.15, 0.2) is 0 Å². The highest BCUT2D eigenvalue weighted by atomic mass is 16.2. The molecule has 0 aliphatic carbocycles. The topological polar surface area (TPSA) is 46.2 Å². The van der Waals surface area contributed by atoms with E-state index in [0.717, 1.165) is 12.5 Å². The van der Waals surface area contributed by atoms with Gasteiger partial charge in [-0.3, -0.25) is 0 Å². The van der Waals surface area contributed by atoms with Crippen molar-refractivity contribution in [1.82, 2.24) is 0 Å². The van der Waals surface area contributed by atoms with E-state index in [-0.39, 0.29) is 0 Å². The Labute approximate surface area is 24.5 Å². The molecule has 2 nitrogen and oxygen atoms in total. The zero-order valence-corrected chi connectivity index (χ0v) is 2.18. The fourth-order valence-electron chi connectivity index (χ4n) is 0. The summed E-state index contributed by atoms with van der Waals surface area (Å²) in [5.74, 6) is 0. The van der Waals surface area contributed by atoms with Gasteiger partial charge in [0.05, 0.1) is 6.26 Å². The van der Waals surface area contributed by atoms with Crippen LogP contribution in [0.5, 0.6) is 0 Å². The predicted octanol–water partition coefficient (Wildman–Crippen LogP) is -0.0257. The molecule has 3 N–H and O–H groups in total. The molecule has 0 aromatic heterocycles. The molecular formula is C2H5NO. The molecule has 0 aromatic carbocycles. The second-order valence-electron chi connectivity index (χ2n) is 0.342. The predicted molar refractivity (Wildman–Crippen MR) is 16.0 cm³/mol. The molecule has 0 rings (SSSR count). The first kappa shape index (κ1) is 3.34. The van der Waals surface area contributed by atoms with Crippen LogP contribution in [0.2, 0.25) is 0 Å². The zero-order chi connectivity index (χ0) is 3.41. The van der Waals surface area contributed by atoms with Crippen molar-refractivity contribution in [2.75, 3.05) is 0 Å². The van der Waals surface area contributed by atoms with Gasteiger partial charge in [-0.15, -0.1) is 0 Å². The Bertz CT molecular complexity index is 21.2. The molecule has 0 spiro atoms. The fourth-order valence-corrected chi connectivity index (χ4v) is 0. The maximum atomic E-state index is 7.57. The smallest absolute Gasteiger partial charge is 0.0946 e. The van der Waals surface area contributed by atoms with Crippen LogP contribution in [-0.4, -0.2) is 5.11 Å². The first-order chi connectivity index (χ1) is 1.91. The number of aliphatic hydroxyl groups excluding tert-OH is 1. The van der Waals surface area contributed by atoms with Crippen LogP contribution in [0.1, 0.15) is 0 Å². The quantitative estimate of drug-likeness (QED) is 0.385. The Balaban J connectivity index is 2.55. The first-order valence-electron chi connectivity index (χ1n) is 0.925. The summed E-state index contributed by atoms with van der Waals surface area (Å²) in [6.07, 6.45) is 1.83. The Morgan fingerprint density at radius 2 is 2.00 bits per heavy atom. The van der Waals surface area contributed by atoms with Gasteiger partial charge in [-0.25, -0.2) is 0 Å². The number of rotatable bonds is 0. The third-order valence-electron chi connectivity index (χ3n) is 0.0861. The molecule has 0 amide bonds. The second-order valence-corrected chi connectivity index (χ2v) is 0.342. The number of hydrogen-bond acceptors (Lipinski definition) is 2. The first-order valence-corrected chi connectivity index (χ1v) is 0.925. The maximum absolute atomic E-state index is 7.57. The van der Waals surface area contributed by atoms with Crippen molar-refractivity contribution >= 4 is 0 Å². The van der Waals surface area contributed by atoms with E-state index in [1.165, 1.54) is 0 Å². The van der Waals surface area contributed by atoms with Crippen LogP contribution in [0.25, 0.3) is 0 Å². The van der Waals surface area contributed by atoms with E-state index < -0.39 is 0 Å². The molecule has 0 aromatic rings. The molecule has 0 unspecified atom stereocenters. The summed E-state index contributed by atoms with van der Waals surface area (Å²) in [6.45, 7) is 0. The summed E-state index contributed by atoms with van der Waals surface area (Å²) in [7, 11) is 0. The molecule has 0 saturated carbocycles. The SMILES string of the molecule is N/C=C\O. The van der Waals surface area contributed by atoms with Gasteiger partial charge in [0.1, 0.15) is 0 Å².